The van der Waals surface area contributed by atoms with Crippen molar-refractivity contribution in [3.63, 3.8) is 0 Å². The minimum Gasteiger partial charge on any atom is -0.356 e. The summed E-state index contributed by atoms with van der Waals surface area (Å²) in [5.41, 5.74) is 1.75. The largest absolute Gasteiger partial charge is 0.356 e. The van der Waals surface area contributed by atoms with E-state index in [0.717, 1.165) is 30.0 Å². The molecular formula is C11H13N3. The van der Waals surface area contributed by atoms with Gasteiger partial charge in [0.25, 0.3) is 0 Å². The lowest BCUT2D eigenvalue weighted by molar-refractivity contribution is 0.931. The second-order valence-electron chi connectivity index (χ2n) is 3.63. The minimum atomic E-state index is 0.731. The number of hydrogen-bond acceptors (Lipinski definition) is 3. The Morgan fingerprint density at radius 1 is 1.43 bits per heavy atom. The van der Waals surface area contributed by atoms with Gasteiger partial charge in [-0.15, -0.1) is 0 Å². The third-order valence-electron chi connectivity index (χ3n) is 2.66. The van der Waals surface area contributed by atoms with Gasteiger partial charge in [0.05, 0.1) is 5.56 Å². The van der Waals surface area contributed by atoms with Gasteiger partial charge in [0.15, 0.2) is 0 Å². The normalized spacial score (nSPS) is 15.6. The average molecular weight is 187 g/mol. The zero-order chi connectivity index (χ0) is 9.97. The third kappa shape index (κ3) is 1.44. The zero-order valence-electron chi connectivity index (χ0n) is 8.32. The van der Waals surface area contributed by atoms with Gasteiger partial charge < -0.3 is 4.90 Å². The van der Waals surface area contributed by atoms with E-state index >= 15 is 0 Å². The molecule has 3 heteroatoms. The Kier molecular flexibility index (Phi) is 2.36. The van der Waals surface area contributed by atoms with Gasteiger partial charge in [0.1, 0.15) is 11.9 Å². The van der Waals surface area contributed by atoms with E-state index in [1.54, 1.807) is 6.20 Å². The highest BCUT2D eigenvalue weighted by atomic mass is 15.2. The van der Waals surface area contributed by atoms with E-state index in [9.17, 15) is 0 Å². The van der Waals surface area contributed by atoms with Crippen molar-refractivity contribution in [2.75, 3.05) is 18.0 Å². The standard InChI is InChI=1S/C11H13N3/c1-9-4-5-13-11(10(9)8-12)14-6-2-3-7-14/h4-5H,2-3,6-7H2,1H3. The van der Waals surface area contributed by atoms with E-state index in [-0.39, 0.29) is 0 Å². The highest BCUT2D eigenvalue weighted by Crippen LogP contribution is 2.23. The van der Waals surface area contributed by atoms with Gasteiger partial charge in [-0.25, -0.2) is 4.98 Å². The summed E-state index contributed by atoms with van der Waals surface area (Å²) in [6.07, 6.45) is 4.20. The second kappa shape index (κ2) is 3.67. The summed E-state index contributed by atoms with van der Waals surface area (Å²) in [5.74, 6) is 0.866. The molecule has 1 fully saturated rings. The van der Waals surface area contributed by atoms with Crippen LogP contribution in [0.4, 0.5) is 5.82 Å². The SMILES string of the molecule is Cc1ccnc(N2CCCC2)c1C#N. The first kappa shape index (κ1) is 9.01. The van der Waals surface area contributed by atoms with Crippen LogP contribution in [0.3, 0.4) is 0 Å². The van der Waals surface area contributed by atoms with Crippen LogP contribution in [0.15, 0.2) is 12.3 Å². The Bertz CT molecular complexity index is 373. The summed E-state index contributed by atoms with van der Waals surface area (Å²) in [5, 5.41) is 9.04. The van der Waals surface area contributed by atoms with Crippen LogP contribution in [0, 0.1) is 18.3 Å². The molecule has 0 aromatic carbocycles. The fraction of sp³-hybridized carbons (Fsp3) is 0.455. The molecular weight excluding hydrogens is 174 g/mol. The molecule has 0 amide bonds. The lowest BCUT2D eigenvalue weighted by Gasteiger charge is -2.17. The Morgan fingerprint density at radius 3 is 2.79 bits per heavy atom. The predicted molar refractivity (Wildman–Crippen MR) is 55.1 cm³/mol. The van der Waals surface area contributed by atoms with Gasteiger partial charge in [-0.2, -0.15) is 5.26 Å². The van der Waals surface area contributed by atoms with Crippen LogP contribution in [0.2, 0.25) is 0 Å². The van der Waals surface area contributed by atoms with E-state index < -0.39 is 0 Å². The number of nitriles is 1. The van der Waals surface area contributed by atoms with Crippen molar-refractivity contribution < 1.29 is 0 Å². The molecule has 0 atom stereocenters. The monoisotopic (exact) mass is 187 g/mol. The van der Waals surface area contributed by atoms with Crippen LogP contribution in [-0.2, 0) is 0 Å². The van der Waals surface area contributed by atoms with Crippen LogP contribution in [0.5, 0.6) is 0 Å². The Hall–Kier alpha value is -1.56. The summed E-state index contributed by atoms with van der Waals surface area (Å²) >= 11 is 0. The topological polar surface area (TPSA) is 39.9 Å². The first-order valence-electron chi connectivity index (χ1n) is 4.93. The Morgan fingerprint density at radius 2 is 2.14 bits per heavy atom. The number of pyridine rings is 1. The smallest absolute Gasteiger partial charge is 0.146 e. The maximum atomic E-state index is 9.04. The van der Waals surface area contributed by atoms with Crippen molar-refractivity contribution in [3.8, 4) is 6.07 Å². The minimum absolute atomic E-state index is 0.731. The van der Waals surface area contributed by atoms with Crippen LogP contribution in [0.25, 0.3) is 0 Å². The van der Waals surface area contributed by atoms with E-state index in [1.165, 1.54) is 12.8 Å². The summed E-state index contributed by atoms with van der Waals surface area (Å²) in [4.78, 5) is 6.50. The van der Waals surface area contributed by atoms with Gasteiger partial charge in [0.2, 0.25) is 0 Å². The molecule has 1 aromatic rings. The molecule has 0 radical (unpaired) electrons. The molecule has 0 unspecified atom stereocenters. The van der Waals surface area contributed by atoms with Crippen LogP contribution in [-0.4, -0.2) is 18.1 Å². The second-order valence-corrected chi connectivity index (χ2v) is 3.63. The molecule has 14 heavy (non-hydrogen) atoms. The number of rotatable bonds is 1. The van der Waals surface area contributed by atoms with Gasteiger partial charge in [-0.1, -0.05) is 0 Å². The lowest BCUT2D eigenvalue weighted by atomic mass is 10.1. The maximum Gasteiger partial charge on any atom is 0.146 e. The predicted octanol–water partition coefficient (Wildman–Crippen LogP) is 1.86. The zero-order valence-corrected chi connectivity index (χ0v) is 8.32. The van der Waals surface area contributed by atoms with Crippen molar-refractivity contribution in [1.29, 1.82) is 5.26 Å². The molecule has 0 spiro atoms. The van der Waals surface area contributed by atoms with Gasteiger partial charge >= 0.3 is 0 Å². The first-order valence-corrected chi connectivity index (χ1v) is 4.93. The summed E-state index contributed by atoms with van der Waals surface area (Å²) in [6, 6.07) is 4.12. The quantitative estimate of drug-likeness (QED) is 0.673. The third-order valence-corrected chi connectivity index (χ3v) is 2.66. The molecule has 0 bridgehead atoms. The number of anilines is 1. The maximum absolute atomic E-state index is 9.04. The van der Waals surface area contributed by atoms with E-state index in [1.807, 2.05) is 13.0 Å². The molecule has 2 heterocycles. The highest BCUT2D eigenvalue weighted by molar-refractivity contribution is 5.57. The summed E-state index contributed by atoms with van der Waals surface area (Å²) in [6.45, 7) is 4.02. The molecule has 1 saturated heterocycles. The molecule has 1 aromatic heterocycles. The fourth-order valence-corrected chi connectivity index (χ4v) is 1.85. The molecule has 0 aliphatic carbocycles. The number of nitrogens with zero attached hydrogens (tertiary/aromatic N) is 3. The summed E-state index contributed by atoms with van der Waals surface area (Å²) < 4.78 is 0. The molecule has 2 rings (SSSR count). The number of hydrogen-bond donors (Lipinski definition) is 0. The van der Waals surface area contributed by atoms with Crippen LogP contribution >= 0.6 is 0 Å². The molecule has 72 valence electrons. The van der Waals surface area contributed by atoms with Crippen molar-refractivity contribution in [2.45, 2.75) is 19.8 Å². The van der Waals surface area contributed by atoms with E-state index in [4.69, 9.17) is 5.26 Å². The van der Waals surface area contributed by atoms with Crippen LogP contribution in [0.1, 0.15) is 24.0 Å². The number of aryl methyl sites for hydroxylation is 1. The van der Waals surface area contributed by atoms with Crippen molar-refractivity contribution in [3.05, 3.63) is 23.4 Å². The van der Waals surface area contributed by atoms with E-state index in [2.05, 4.69) is 16.0 Å². The average Bonchev–Trinajstić information content (AvgIpc) is 2.70. The molecule has 1 aliphatic rings. The van der Waals surface area contributed by atoms with Crippen molar-refractivity contribution in [1.82, 2.24) is 4.98 Å². The van der Waals surface area contributed by atoms with Gasteiger partial charge in [-0.3, -0.25) is 0 Å². The highest BCUT2D eigenvalue weighted by Gasteiger charge is 2.17. The van der Waals surface area contributed by atoms with Gasteiger partial charge in [0, 0.05) is 19.3 Å². The summed E-state index contributed by atoms with van der Waals surface area (Å²) in [7, 11) is 0. The first-order chi connectivity index (χ1) is 6.83. The van der Waals surface area contributed by atoms with Crippen LogP contribution < -0.4 is 4.90 Å². The Balaban J connectivity index is 2.42. The van der Waals surface area contributed by atoms with Gasteiger partial charge in [-0.05, 0) is 31.4 Å². The Labute approximate surface area is 84.0 Å². The van der Waals surface area contributed by atoms with Crippen molar-refractivity contribution in [2.24, 2.45) is 0 Å². The molecule has 0 saturated carbocycles. The fourth-order valence-electron chi connectivity index (χ4n) is 1.85. The van der Waals surface area contributed by atoms with E-state index in [0.29, 0.717) is 0 Å². The van der Waals surface area contributed by atoms with Crippen molar-refractivity contribution >= 4 is 5.82 Å². The molecule has 3 nitrogen and oxygen atoms in total. The molecule has 0 N–H and O–H groups in total. The number of aromatic nitrogens is 1. The molecule has 1 aliphatic heterocycles. The lowest BCUT2D eigenvalue weighted by Crippen LogP contribution is -2.20.